The average Bonchev–Trinajstić information content (AvgIpc) is 2.00. The van der Waals surface area contributed by atoms with E-state index >= 15 is 0 Å². The summed E-state index contributed by atoms with van der Waals surface area (Å²) >= 11 is 5.74. The molecule has 0 rings (SSSR count). The highest BCUT2D eigenvalue weighted by atomic mass is 35.5. The summed E-state index contributed by atoms with van der Waals surface area (Å²) in [7, 11) is 0. The van der Waals surface area contributed by atoms with Crippen LogP contribution < -0.4 is 0 Å². The normalized spacial score (nSPS) is 15.0. The first kappa shape index (κ1) is 13.2. The van der Waals surface area contributed by atoms with Gasteiger partial charge in [-0.05, 0) is 26.3 Å². The molecule has 13 heavy (non-hydrogen) atoms. The Hall–Kier alpha value is 0.210. The Labute approximate surface area is 86.9 Å². The summed E-state index contributed by atoms with van der Waals surface area (Å²) in [6, 6.07) is 0. The zero-order valence-electron chi connectivity index (χ0n) is 9.18. The highest BCUT2D eigenvalue weighted by Crippen LogP contribution is 2.08. The van der Waals surface area contributed by atoms with Crippen LogP contribution in [-0.4, -0.2) is 41.1 Å². The molecule has 0 saturated carbocycles. The van der Waals surface area contributed by atoms with Crippen molar-refractivity contribution in [2.75, 3.05) is 25.5 Å². The molecule has 1 unspecified atom stereocenters. The van der Waals surface area contributed by atoms with E-state index in [9.17, 15) is 5.11 Å². The first-order valence-corrected chi connectivity index (χ1v) is 5.43. The van der Waals surface area contributed by atoms with Gasteiger partial charge in [-0.15, -0.1) is 11.6 Å². The summed E-state index contributed by atoms with van der Waals surface area (Å²) in [5.74, 6) is 1.17. The van der Waals surface area contributed by atoms with Crippen LogP contribution in [0.2, 0.25) is 0 Å². The molecule has 0 radical (unpaired) electrons. The third-order valence-corrected chi connectivity index (χ3v) is 2.42. The van der Waals surface area contributed by atoms with Gasteiger partial charge in [0, 0.05) is 19.0 Å². The first-order chi connectivity index (χ1) is 5.89. The van der Waals surface area contributed by atoms with E-state index in [4.69, 9.17) is 11.6 Å². The van der Waals surface area contributed by atoms with Crippen LogP contribution in [-0.2, 0) is 0 Å². The van der Waals surface area contributed by atoms with Crippen LogP contribution in [0.25, 0.3) is 0 Å². The quantitative estimate of drug-likeness (QED) is 0.674. The second kappa shape index (κ2) is 5.84. The fourth-order valence-electron chi connectivity index (χ4n) is 1.34. The zero-order chi connectivity index (χ0) is 10.5. The molecule has 3 heteroatoms. The molecule has 0 aromatic rings. The van der Waals surface area contributed by atoms with Crippen LogP contribution in [0, 0.1) is 5.92 Å². The molecule has 0 amide bonds. The van der Waals surface area contributed by atoms with E-state index in [0.29, 0.717) is 18.3 Å². The van der Waals surface area contributed by atoms with E-state index in [-0.39, 0.29) is 0 Å². The minimum Gasteiger partial charge on any atom is -0.389 e. The van der Waals surface area contributed by atoms with Crippen LogP contribution >= 0.6 is 11.6 Å². The van der Waals surface area contributed by atoms with Gasteiger partial charge in [-0.3, -0.25) is 0 Å². The molecule has 0 aliphatic carbocycles. The van der Waals surface area contributed by atoms with Crippen molar-refractivity contribution in [1.29, 1.82) is 0 Å². The number of aliphatic hydroxyl groups is 1. The van der Waals surface area contributed by atoms with Crippen LogP contribution in [0.1, 0.15) is 27.7 Å². The summed E-state index contributed by atoms with van der Waals surface area (Å²) in [6.07, 6.45) is 0. The lowest BCUT2D eigenvalue weighted by molar-refractivity contribution is 0.0345. The van der Waals surface area contributed by atoms with Crippen molar-refractivity contribution >= 4 is 11.6 Å². The van der Waals surface area contributed by atoms with Gasteiger partial charge >= 0.3 is 0 Å². The van der Waals surface area contributed by atoms with E-state index in [0.717, 1.165) is 13.1 Å². The van der Waals surface area contributed by atoms with Gasteiger partial charge in [0.25, 0.3) is 0 Å². The molecule has 0 aromatic heterocycles. The first-order valence-electron chi connectivity index (χ1n) is 4.89. The van der Waals surface area contributed by atoms with Crippen molar-refractivity contribution in [3.05, 3.63) is 0 Å². The second-order valence-corrected chi connectivity index (χ2v) is 4.71. The molecule has 1 atom stereocenters. The fourth-order valence-corrected chi connectivity index (χ4v) is 1.44. The Bertz CT molecular complexity index is 133. The third kappa shape index (κ3) is 7.29. The topological polar surface area (TPSA) is 23.5 Å². The molecule has 0 bridgehead atoms. The minimum absolute atomic E-state index is 0.490. The molecule has 80 valence electrons. The van der Waals surface area contributed by atoms with Crippen LogP contribution in [0.3, 0.4) is 0 Å². The van der Waals surface area contributed by atoms with Crippen LogP contribution in [0.5, 0.6) is 0 Å². The summed E-state index contributed by atoms with van der Waals surface area (Å²) in [5, 5.41) is 9.63. The monoisotopic (exact) mass is 207 g/mol. The van der Waals surface area contributed by atoms with E-state index in [1.54, 1.807) is 0 Å². The van der Waals surface area contributed by atoms with Crippen molar-refractivity contribution < 1.29 is 5.11 Å². The maximum atomic E-state index is 9.63. The molecule has 0 fully saturated rings. The molecule has 0 aromatic carbocycles. The van der Waals surface area contributed by atoms with E-state index in [2.05, 4.69) is 18.7 Å². The molecular weight excluding hydrogens is 186 g/mol. The van der Waals surface area contributed by atoms with Crippen molar-refractivity contribution in [3.63, 3.8) is 0 Å². The zero-order valence-corrected chi connectivity index (χ0v) is 9.93. The van der Waals surface area contributed by atoms with Gasteiger partial charge in [0.2, 0.25) is 0 Å². The summed E-state index contributed by atoms with van der Waals surface area (Å²) in [5.41, 5.74) is -0.609. The van der Waals surface area contributed by atoms with Crippen molar-refractivity contribution in [2.24, 2.45) is 5.92 Å². The molecular formula is C10H22ClNO. The average molecular weight is 208 g/mol. The van der Waals surface area contributed by atoms with Crippen molar-refractivity contribution in [2.45, 2.75) is 33.3 Å². The van der Waals surface area contributed by atoms with E-state index < -0.39 is 5.60 Å². The predicted octanol–water partition coefficient (Wildman–Crippen LogP) is 1.95. The number of likely N-dealkylation sites (N-methyl/N-ethyl adjacent to an activating group) is 1. The lowest BCUT2D eigenvalue weighted by Gasteiger charge is -2.29. The smallest absolute Gasteiger partial charge is 0.0718 e. The van der Waals surface area contributed by atoms with Crippen LogP contribution in [0.15, 0.2) is 0 Å². The molecule has 0 spiro atoms. The lowest BCUT2D eigenvalue weighted by atomic mass is 10.1. The summed E-state index contributed by atoms with van der Waals surface area (Å²) < 4.78 is 0. The van der Waals surface area contributed by atoms with E-state index in [1.807, 2.05) is 13.8 Å². The Morgan fingerprint density at radius 3 is 2.31 bits per heavy atom. The van der Waals surface area contributed by atoms with Gasteiger partial charge < -0.3 is 10.0 Å². The molecule has 1 N–H and O–H groups in total. The second-order valence-electron chi connectivity index (χ2n) is 4.40. The Kier molecular flexibility index (Phi) is 5.93. The number of hydrogen-bond acceptors (Lipinski definition) is 2. The molecule has 0 heterocycles. The Balaban J connectivity index is 3.89. The van der Waals surface area contributed by atoms with Gasteiger partial charge in [0.05, 0.1) is 5.60 Å². The van der Waals surface area contributed by atoms with Gasteiger partial charge in [-0.1, -0.05) is 13.8 Å². The van der Waals surface area contributed by atoms with Crippen molar-refractivity contribution in [1.82, 2.24) is 4.90 Å². The van der Waals surface area contributed by atoms with Gasteiger partial charge in [0.15, 0.2) is 0 Å². The fraction of sp³-hybridized carbons (Fsp3) is 1.00. The Morgan fingerprint density at radius 2 is 2.00 bits per heavy atom. The van der Waals surface area contributed by atoms with E-state index in [1.165, 1.54) is 0 Å². The number of halogens is 1. The standard InChI is InChI=1S/C10H22ClNO/c1-5-12(7-9(2)6-11)8-10(3,4)13/h9,13H,5-8H2,1-4H3. The number of nitrogens with zero attached hydrogens (tertiary/aromatic N) is 1. The summed E-state index contributed by atoms with van der Waals surface area (Å²) in [6.45, 7) is 10.5. The molecule has 0 aliphatic heterocycles. The van der Waals surface area contributed by atoms with Crippen LogP contribution in [0.4, 0.5) is 0 Å². The van der Waals surface area contributed by atoms with Gasteiger partial charge in [0.1, 0.15) is 0 Å². The maximum Gasteiger partial charge on any atom is 0.0718 e. The number of rotatable bonds is 6. The SMILES string of the molecule is CCN(CC(C)CCl)CC(C)(C)O. The largest absolute Gasteiger partial charge is 0.389 e. The molecule has 0 aliphatic rings. The van der Waals surface area contributed by atoms with Crippen molar-refractivity contribution in [3.8, 4) is 0 Å². The maximum absolute atomic E-state index is 9.63. The Morgan fingerprint density at radius 1 is 1.46 bits per heavy atom. The highest BCUT2D eigenvalue weighted by molar-refractivity contribution is 6.18. The molecule has 0 saturated heterocycles. The van der Waals surface area contributed by atoms with Gasteiger partial charge in [-0.25, -0.2) is 0 Å². The molecule has 2 nitrogen and oxygen atoms in total. The third-order valence-electron chi connectivity index (χ3n) is 1.89. The number of hydrogen-bond donors (Lipinski definition) is 1. The minimum atomic E-state index is -0.609. The summed E-state index contributed by atoms with van der Waals surface area (Å²) in [4.78, 5) is 2.23. The highest BCUT2D eigenvalue weighted by Gasteiger charge is 2.18. The predicted molar refractivity (Wildman–Crippen MR) is 58.3 cm³/mol. The van der Waals surface area contributed by atoms with Gasteiger partial charge in [-0.2, -0.15) is 0 Å². The lowest BCUT2D eigenvalue weighted by Crippen LogP contribution is -2.40. The number of alkyl halides is 1.